The number of halogens is 1. The number of nitrogens with zero attached hydrogens (tertiary/aromatic N) is 2. The van der Waals surface area contributed by atoms with Crippen molar-refractivity contribution in [2.45, 2.75) is 46.6 Å². The van der Waals surface area contributed by atoms with Crippen molar-refractivity contribution in [2.24, 2.45) is 5.41 Å². The summed E-state index contributed by atoms with van der Waals surface area (Å²) in [5.74, 6) is 0.0326. The first-order chi connectivity index (χ1) is 12.9. The van der Waals surface area contributed by atoms with E-state index < -0.39 is 5.95 Å². The van der Waals surface area contributed by atoms with Gasteiger partial charge < -0.3 is 5.32 Å². The fourth-order valence-electron chi connectivity index (χ4n) is 3.71. The van der Waals surface area contributed by atoms with Gasteiger partial charge in [0.15, 0.2) is 0 Å². The SMILES string of the molecule is Cc1ccc(CNc2cc(-c3n[nH]c4c3CCC(C)(C)C4)cc(F)n2)cc1. The highest BCUT2D eigenvalue weighted by Gasteiger charge is 2.29. The maximum atomic E-state index is 14.2. The van der Waals surface area contributed by atoms with Gasteiger partial charge in [-0.1, -0.05) is 43.7 Å². The van der Waals surface area contributed by atoms with E-state index in [1.54, 1.807) is 0 Å². The molecule has 27 heavy (non-hydrogen) atoms. The van der Waals surface area contributed by atoms with Crippen molar-refractivity contribution in [1.29, 1.82) is 0 Å². The van der Waals surface area contributed by atoms with Crippen molar-refractivity contribution in [2.75, 3.05) is 5.32 Å². The summed E-state index contributed by atoms with van der Waals surface area (Å²) in [5.41, 5.74) is 6.63. The van der Waals surface area contributed by atoms with Crippen LogP contribution in [0, 0.1) is 18.3 Å². The van der Waals surface area contributed by atoms with E-state index in [0.29, 0.717) is 12.4 Å². The first-order valence-electron chi connectivity index (χ1n) is 9.43. The molecule has 0 radical (unpaired) electrons. The Morgan fingerprint density at radius 3 is 2.74 bits per heavy atom. The highest BCUT2D eigenvalue weighted by molar-refractivity contribution is 5.67. The molecule has 4 rings (SSSR count). The lowest BCUT2D eigenvalue weighted by Gasteiger charge is -2.29. The minimum Gasteiger partial charge on any atom is -0.366 e. The third kappa shape index (κ3) is 3.87. The van der Waals surface area contributed by atoms with Crippen molar-refractivity contribution >= 4 is 5.82 Å². The molecule has 4 nitrogen and oxygen atoms in total. The van der Waals surface area contributed by atoms with Gasteiger partial charge in [0, 0.05) is 29.4 Å². The number of aromatic nitrogens is 3. The van der Waals surface area contributed by atoms with Crippen molar-refractivity contribution in [3.8, 4) is 11.3 Å². The van der Waals surface area contributed by atoms with Gasteiger partial charge in [0.1, 0.15) is 5.82 Å². The van der Waals surface area contributed by atoms with Gasteiger partial charge >= 0.3 is 0 Å². The van der Waals surface area contributed by atoms with Gasteiger partial charge in [-0.3, -0.25) is 5.10 Å². The highest BCUT2D eigenvalue weighted by Crippen LogP contribution is 2.38. The molecular formula is C22H25FN4. The number of hydrogen-bond acceptors (Lipinski definition) is 3. The van der Waals surface area contributed by atoms with Gasteiger partial charge in [0.25, 0.3) is 0 Å². The lowest BCUT2D eigenvalue weighted by atomic mass is 9.76. The van der Waals surface area contributed by atoms with Crippen molar-refractivity contribution in [1.82, 2.24) is 15.2 Å². The van der Waals surface area contributed by atoms with E-state index in [-0.39, 0.29) is 5.41 Å². The van der Waals surface area contributed by atoms with Gasteiger partial charge in [-0.25, -0.2) is 4.98 Å². The summed E-state index contributed by atoms with van der Waals surface area (Å²) < 4.78 is 14.2. The molecule has 140 valence electrons. The number of aryl methyl sites for hydroxylation is 1. The Labute approximate surface area is 159 Å². The monoisotopic (exact) mass is 364 g/mol. The number of rotatable bonds is 4. The second kappa shape index (κ2) is 6.80. The van der Waals surface area contributed by atoms with Crippen LogP contribution in [0.2, 0.25) is 0 Å². The van der Waals surface area contributed by atoms with E-state index >= 15 is 0 Å². The molecule has 1 aliphatic rings. The lowest BCUT2D eigenvalue weighted by molar-refractivity contribution is 0.312. The number of benzene rings is 1. The number of aromatic amines is 1. The average molecular weight is 364 g/mol. The second-order valence-electron chi connectivity index (χ2n) is 8.27. The predicted octanol–water partition coefficient (Wildman–Crippen LogP) is 5.05. The topological polar surface area (TPSA) is 53.6 Å². The summed E-state index contributed by atoms with van der Waals surface area (Å²) in [5, 5.41) is 10.9. The van der Waals surface area contributed by atoms with Crippen molar-refractivity contribution in [3.63, 3.8) is 0 Å². The average Bonchev–Trinajstić information content (AvgIpc) is 3.02. The van der Waals surface area contributed by atoms with Crippen LogP contribution in [0.3, 0.4) is 0 Å². The molecule has 0 fully saturated rings. The number of fused-ring (bicyclic) bond motifs is 1. The van der Waals surface area contributed by atoms with Crippen LogP contribution in [-0.2, 0) is 19.4 Å². The standard InChI is InChI=1S/C22H25FN4/c1-14-4-6-15(7-5-14)13-24-20-11-16(10-19(23)25-20)21-17-8-9-22(2,3)12-18(17)26-27-21/h4-7,10-11H,8-9,12-13H2,1-3H3,(H,24,25)(H,26,27). The Bertz CT molecular complexity index is 957. The molecule has 0 bridgehead atoms. The largest absolute Gasteiger partial charge is 0.366 e. The third-order valence-electron chi connectivity index (χ3n) is 5.32. The molecule has 0 amide bonds. The molecule has 2 aromatic heterocycles. The van der Waals surface area contributed by atoms with Crippen LogP contribution in [0.4, 0.5) is 10.2 Å². The number of H-pyrrole nitrogens is 1. The summed E-state index contributed by atoms with van der Waals surface area (Å²) in [6, 6.07) is 11.6. The lowest BCUT2D eigenvalue weighted by Crippen LogP contribution is -2.21. The highest BCUT2D eigenvalue weighted by atomic mass is 19.1. The molecule has 0 unspecified atom stereocenters. The van der Waals surface area contributed by atoms with Gasteiger partial charge in [0.2, 0.25) is 5.95 Å². The fraction of sp³-hybridized carbons (Fsp3) is 0.364. The van der Waals surface area contributed by atoms with Crippen LogP contribution in [0.1, 0.15) is 42.7 Å². The predicted molar refractivity (Wildman–Crippen MR) is 106 cm³/mol. The number of hydrogen-bond donors (Lipinski definition) is 2. The van der Waals surface area contributed by atoms with Crippen LogP contribution < -0.4 is 5.32 Å². The second-order valence-corrected chi connectivity index (χ2v) is 8.27. The van der Waals surface area contributed by atoms with E-state index in [2.05, 4.69) is 65.5 Å². The zero-order valence-electron chi connectivity index (χ0n) is 16.1. The molecule has 1 aliphatic carbocycles. The van der Waals surface area contributed by atoms with Crippen LogP contribution in [0.15, 0.2) is 36.4 Å². The maximum Gasteiger partial charge on any atom is 0.215 e. The van der Waals surface area contributed by atoms with E-state index in [0.717, 1.165) is 36.1 Å². The quantitative estimate of drug-likeness (QED) is 0.637. The van der Waals surface area contributed by atoms with E-state index in [9.17, 15) is 4.39 Å². The third-order valence-corrected chi connectivity index (χ3v) is 5.32. The van der Waals surface area contributed by atoms with E-state index in [1.165, 1.54) is 22.9 Å². The van der Waals surface area contributed by atoms with Crippen LogP contribution in [0.25, 0.3) is 11.3 Å². The smallest absolute Gasteiger partial charge is 0.215 e. The molecule has 2 N–H and O–H groups in total. The molecular weight excluding hydrogens is 339 g/mol. The minimum atomic E-state index is -0.494. The van der Waals surface area contributed by atoms with Gasteiger partial charge in [-0.2, -0.15) is 9.49 Å². The summed E-state index contributed by atoms with van der Waals surface area (Å²) in [6.45, 7) is 7.21. The Morgan fingerprint density at radius 2 is 1.96 bits per heavy atom. The fourth-order valence-corrected chi connectivity index (χ4v) is 3.71. The molecule has 0 spiro atoms. The van der Waals surface area contributed by atoms with Gasteiger partial charge in [-0.05, 0) is 43.2 Å². The zero-order valence-corrected chi connectivity index (χ0v) is 16.1. The maximum absolute atomic E-state index is 14.2. The molecule has 0 saturated heterocycles. The summed E-state index contributed by atoms with van der Waals surface area (Å²) >= 11 is 0. The van der Waals surface area contributed by atoms with E-state index in [1.807, 2.05) is 6.07 Å². The molecule has 0 atom stereocenters. The van der Waals surface area contributed by atoms with Crippen LogP contribution >= 0.6 is 0 Å². The Morgan fingerprint density at radius 1 is 1.19 bits per heavy atom. The molecule has 2 heterocycles. The van der Waals surface area contributed by atoms with Crippen molar-refractivity contribution in [3.05, 3.63) is 64.7 Å². The minimum absolute atomic E-state index is 0.279. The Kier molecular flexibility index (Phi) is 4.46. The number of nitrogens with one attached hydrogen (secondary N) is 2. The van der Waals surface area contributed by atoms with Crippen LogP contribution in [-0.4, -0.2) is 15.2 Å². The zero-order chi connectivity index (χ0) is 19.0. The molecule has 0 aliphatic heterocycles. The molecule has 5 heteroatoms. The summed E-state index contributed by atoms with van der Waals surface area (Å²) in [7, 11) is 0. The van der Waals surface area contributed by atoms with Crippen molar-refractivity contribution < 1.29 is 4.39 Å². The summed E-state index contributed by atoms with van der Waals surface area (Å²) in [6.07, 6.45) is 3.05. The number of pyridine rings is 1. The number of anilines is 1. The Balaban J connectivity index is 1.58. The Hall–Kier alpha value is -2.69. The van der Waals surface area contributed by atoms with Gasteiger partial charge in [-0.15, -0.1) is 0 Å². The van der Waals surface area contributed by atoms with Gasteiger partial charge in [0.05, 0.1) is 5.69 Å². The molecule has 0 saturated carbocycles. The first-order valence-corrected chi connectivity index (χ1v) is 9.43. The van der Waals surface area contributed by atoms with Crippen LogP contribution in [0.5, 0.6) is 0 Å². The molecule has 1 aromatic carbocycles. The summed E-state index contributed by atoms with van der Waals surface area (Å²) in [4.78, 5) is 4.00. The first kappa shape index (κ1) is 17.7. The van der Waals surface area contributed by atoms with E-state index in [4.69, 9.17) is 0 Å². The molecule has 3 aromatic rings. The normalized spacial score (nSPS) is 15.4.